The summed E-state index contributed by atoms with van der Waals surface area (Å²) in [5.74, 6) is -0.285. The molecule has 1 aliphatic rings. The van der Waals surface area contributed by atoms with Gasteiger partial charge in [0.15, 0.2) is 5.72 Å². The maximum atomic E-state index is 10.7. The lowest BCUT2D eigenvalue weighted by atomic mass is 9.99. The summed E-state index contributed by atoms with van der Waals surface area (Å²) in [7, 11) is 0. The van der Waals surface area contributed by atoms with Crippen LogP contribution in [0.25, 0.3) is 0 Å². The van der Waals surface area contributed by atoms with Crippen molar-refractivity contribution in [2.75, 3.05) is 0 Å². The molecule has 0 aromatic rings. The Morgan fingerprint density at radius 3 is 2.60 bits per heavy atom. The fourth-order valence-electron chi connectivity index (χ4n) is 0.949. The van der Waals surface area contributed by atoms with Crippen molar-refractivity contribution in [2.45, 2.75) is 26.0 Å². The van der Waals surface area contributed by atoms with Gasteiger partial charge in [-0.25, -0.2) is 4.79 Å². The fraction of sp³-hybridized carbons (Fsp3) is 0.571. The number of allylic oxidation sites excluding steroid dienone is 1. The fourth-order valence-corrected chi connectivity index (χ4v) is 0.949. The zero-order valence-corrected chi connectivity index (χ0v) is 6.18. The summed E-state index contributed by atoms with van der Waals surface area (Å²) in [6.07, 6.45) is 2.61. The van der Waals surface area contributed by atoms with Crippen LogP contribution in [0.3, 0.4) is 0 Å². The number of hydrogen-bond donors (Lipinski definition) is 1. The summed E-state index contributed by atoms with van der Waals surface area (Å²) in [5, 5.41) is 0. The van der Waals surface area contributed by atoms with Gasteiger partial charge in [-0.05, 0) is 13.3 Å². The normalized spacial score (nSPS) is 35.5. The number of rotatable bonds is 1. The first-order chi connectivity index (χ1) is 4.58. The minimum absolute atomic E-state index is 0.285. The molecule has 0 amide bonds. The lowest BCUT2D eigenvalue weighted by molar-refractivity contribution is -0.168. The van der Waals surface area contributed by atoms with Crippen molar-refractivity contribution in [3.8, 4) is 0 Å². The summed E-state index contributed by atoms with van der Waals surface area (Å²) < 4.78 is 4.66. The Hall–Kier alpha value is -0.830. The van der Waals surface area contributed by atoms with E-state index in [4.69, 9.17) is 5.73 Å². The molecular weight excluding hydrogens is 130 g/mol. The molecule has 1 aliphatic heterocycles. The molecule has 1 heterocycles. The van der Waals surface area contributed by atoms with Gasteiger partial charge in [0.2, 0.25) is 0 Å². The average Bonchev–Trinajstić information content (AvgIpc) is 1.82. The number of cyclic esters (lactones) is 1. The van der Waals surface area contributed by atoms with E-state index in [1.54, 1.807) is 13.0 Å². The quantitative estimate of drug-likeness (QED) is 0.428. The molecule has 0 aromatic heterocycles. The van der Waals surface area contributed by atoms with Crippen LogP contribution in [0.5, 0.6) is 0 Å². The van der Waals surface area contributed by atoms with Crippen molar-refractivity contribution in [3.05, 3.63) is 11.6 Å². The van der Waals surface area contributed by atoms with Gasteiger partial charge in [0, 0.05) is 0 Å². The molecule has 1 rings (SSSR count). The maximum Gasteiger partial charge on any atom is 0.341 e. The average molecular weight is 141 g/mol. The summed E-state index contributed by atoms with van der Waals surface area (Å²) in [4.78, 5) is 10.7. The molecule has 0 radical (unpaired) electrons. The van der Waals surface area contributed by atoms with Crippen LogP contribution in [0.1, 0.15) is 20.3 Å². The topological polar surface area (TPSA) is 52.3 Å². The van der Waals surface area contributed by atoms with E-state index in [-0.39, 0.29) is 5.97 Å². The number of esters is 1. The first kappa shape index (κ1) is 7.28. The molecule has 0 bridgehead atoms. The Morgan fingerprint density at radius 2 is 2.40 bits per heavy atom. The summed E-state index contributed by atoms with van der Waals surface area (Å²) in [5.41, 5.74) is 5.30. The molecule has 3 nitrogen and oxygen atoms in total. The molecular formula is C7H11NO2. The van der Waals surface area contributed by atoms with Crippen molar-refractivity contribution >= 4 is 5.97 Å². The van der Waals surface area contributed by atoms with Gasteiger partial charge in [-0.15, -0.1) is 0 Å². The lowest BCUT2D eigenvalue weighted by Gasteiger charge is -2.35. The minimum atomic E-state index is -0.826. The van der Waals surface area contributed by atoms with Crippen molar-refractivity contribution in [1.82, 2.24) is 0 Å². The molecule has 1 saturated heterocycles. The van der Waals surface area contributed by atoms with Gasteiger partial charge in [-0.2, -0.15) is 0 Å². The van der Waals surface area contributed by atoms with E-state index < -0.39 is 5.72 Å². The molecule has 1 atom stereocenters. The highest BCUT2D eigenvalue weighted by atomic mass is 16.6. The van der Waals surface area contributed by atoms with E-state index in [2.05, 4.69) is 4.74 Å². The van der Waals surface area contributed by atoms with Gasteiger partial charge in [-0.3, -0.25) is 5.73 Å². The van der Waals surface area contributed by atoms with Gasteiger partial charge in [0.25, 0.3) is 0 Å². The number of nitrogens with two attached hydrogens (primary N) is 1. The van der Waals surface area contributed by atoms with Crippen molar-refractivity contribution in [3.63, 3.8) is 0 Å². The second-order valence-corrected chi connectivity index (χ2v) is 2.52. The summed E-state index contributed by atoms with van der Waals surface area (Å²) in [6.45, 7) is 3.63. The van der Waals surface area contributed by atoms with Crippen LogP contribution in [-0.2, 0) is 9.53 Å². The van der Waals surface area contributed by atoms with Crippen LogP contribution in [-0.4, -0.2) is 11.7 Å². The Labute approximate surface area is 59.8 Å². The van der Waals surface area contributed by atoms with Crippen molar-refractivity contribution in [2.24, 2.45) is 5.73 Å². The van der Waals surface area contributed by atoms with Crippen LogP contribution < -0.4 is 5.73 Å². The van der Waals surface area contributed by atoms with Gasteiger partial charge >= 0.3 is 5.97 Å². The Bertz CT molecular complexity index is 194. The molecule has 56 valence electrons. The molecule has 0 saturated carbocycles. The zero-order chi connectivity index (χ0) is 7.78. The van der Waals surface area contributed by atoms with Crippen LogP contribution in [0, 0.1) is 0 Å². The monoisotopic (exact) mass is 141 g/mol. The van der Waals surface area contributed by atoms with E-state index in [0.29, 0.717) is 5.57 Å². The second kappa shape index (κ2) is 2.09. The van der Waals surface area contributed by atoms with Crippen LogP contribution in [0.4, 0.5) is 0 Å². The van der Waals surface area contributed by atoms with E-state index in [9.17, 15) is 4.79 Å². The number of carbonyl (C=O) groups excluding carboxylic acids is 1. The maximum absolute atomic E-state index is 10.7. The predicted octanol–water partition coefficient (Wildman–Crippen LogP) is 0.555. The van der Waals surface area contributed by atoms with Gasteiger partial charge in [-0.1, -0.05) is 13.0 Å². The van der Waals surface area contributed by atoms with E-state index in [1.807, 2.05) is 6.92 Å². The predicted molar refractivity (Wildman–Crippen MR) is 37.1 cm³/mol. The first-order valence-electron chi connectivity index (χ1n) is 3.31. The van der Waals surface area contributed by atoms with Gasteiger partial charge in [0.1, 0.15) is 0 Å². The molecule has 0 aliphatic carbocycles. The van der Waals surface area contributed by atoms with E-state index in [0.717, 1.165) is 6.42 Å². The Balaban J connectivity index is 2.75. The van der Waals surface area contributed by atoms with Gasteiger partial charge < -0.3 is 4.74 Å². The molecule has 0 aromatic carbocycles. The molecule has 0 spiro atoms. The summed E-state index contributed by atoms with van der Waals surface area (Å²) in [6, 6.07) is 0. The lowest BCUT2D eigenvalue weighted by Crippen LogP contribution is -2.55. The molecule has 1 fully saturated rings. The minimum Gasteiger partial charge on any atom is -0.436 e. The zero-order valence-electron chi connectivity index (χ0n) is 6.18. The number of ether oxygens (including phenoxy) is 1. The smallest absolute Gasteiger partial charge is 0.341 e. The number of hydrogen-bond acceptors (Lipinski definition) is 3. The second-order valence-electron chi connectivity index (χ2n) is 2.52. The van der Waals surface area contributed by atoms with Crippen molar-refractivity contribution in [1.29, 1.82) is 0 Å². The van der Waals surface area contributed by atoms with E-state index >= 15 is 0 Å². The van der Waals surface area contributed by atoms with Gasteiger partial charge in [0.05, 0.1) is 5.57 Å². The largest absolute Gasteiger partial charge is 0.436 e. The van der Waals surface area contributed by atoms with Crippen molar-refractivity contribution < 1.29 is 9.53 Å². The highest BCUT2D eigenvalue weighted by molar-refractivity contribution is 5.96. The molecule has 10 heavy (non-hydrogen) atoms. The molecule has 2 N–H and O–H groups in total. The Kier molecular flexibility index (Phi) is 1.52. The van der Waals surface area contributed by atoms with E-state index in [1.165, 1.54) is 0 Å². The highest BCUT2D eigenvalue weighted by Crippen LogP contribution is 2.28. The number of carbonyl (C=O) groups is 1. The Morgan fingerprint density at radius 1 is 1.80 bits per heavy atom. The summed E-state index contributed by atoms with van der Waals surface area (Å²) >= 11 is 0. The van der Waals surface area contributed by atoms with Crippen LogP contribution >= 0.6 is 0 Å². The van der Waals surface area contributed by atoms with Crippen LogP contribution in [0.2, 0.25) is 0 Å². The van der Waals surface area contributed by atoms with Crippen LogP contribution in [0.15, 0.2) is 11.6 Å². The third-order valence-electron chi connectivity index (χ3n) is 1.47. The SMILES string of the molecule is CC/C=C1/C(=O)OC1(C)N. The third kappa shape index (κ3) is 0.926. The standard InChI is InChI=1S/C7H11NO2/c1-3-4-5-6(9)10-7(5,2)8/h4H,3,8H2,1-2H3/b5-4-. The molecule has 1 unspecified atom stereocenters. The first-order valence-corrected chi connectivity index (χ1v) is 3.31. The molecule has 3 heteroatoms. The third-order valence-corrected chi connectivity index (χ3v) is 1.47. The highest BCUT2D eigenvalue weighted by Gasteiger charge is 2.43.